The van der Waals surface area contributed by atoms with Gasteiger partial charge in [-0.2, -0.15) is 9.98 Å². The van der Waals surface area contributed by atoms with Crippen molar-refractivity contribution in [3.8, 4) is 22.5 Å². The predicted octanol–water partition coefficient (Wildman–Crippen LogP) is 9.50. The number of aliphatic imine (C=N–C) groups is 2. The van der Waals surface area contributed by atoms with E-state index >= 15 is 0 Å². The molecule has 0 aliphatic rings. The highest BCUT2D eigenvalue weighted by molar-refractivity contribution is 6.02. The summed E-state index contributed by atoms with van der Waals surface area (Å²) >= 11 is 0. The number of carbonyl (C=O) groups is 4. The number of carbonyl (C=O) groups excluding carboxylic acids is 4. The molecule has 6 amide bonds. The summed E-state index contributed by atoms with van der Waals surface area (Å²) in [6.07, 6.45) is 0.255. The zero-order chi connectivity index (χ0) is 51.4. The summed E-state index contributed by atoms with van der Waals surface area (Å²) in [5.74, 6) is -8.83. The summed E-state index contributed by atoms with van der Waals surface area (Å²) in [7, 11) is 6.44. The van der Waals surface area contributed by atoms with Crippen LogP contribution in [0.3, 0.4) is 0 Å². The van der Waals surface area contributed by atoms with Crippen molar-refractivity contribution >= 4 is 59.9 Å². The van der Waals surface area contributed by atoms with E-state index < -0.39 is 95.4 Å². The molecule has 0 aliphatic heterocycles. The van der Waals surface area contributed by atoms with Gasteiger partial charge in [0.2, 0.25) is 0 Å². The fraction of sp³-hybridized carbons (Fsp3) is 0.130. The topological polar surface area (TPSA) is 202 Å². The molecule has 2 heterocycles. The molecule has 0 fully saturated rings. The summed E-state index contributed by atoms with van der Waals surface area (Å²) in [5.41, 5.74) is 8.12. The number of anilines is 4. The van der Waals surface area contributed by atoms with Crippen molar-refractivity contribution in [3.05, 3.63) is 155 Å². The van der Waals surface area contributed by atoms with Crippen molar-refractivity contribution in [2.24, 2.45) is 21.5 Å². The highest BCUT2D eigenvalue weighted by atomic mass is 19.2. The third-order valence-electron chi connectivity index (χ3n) is 9.01. The Bertz CT molecular complexity index is 2960. The minimum Gasteiger partial charge on any atom is -0.445 e. The second-order valence-corrected chi connectivity index (χ2v) is 14.6. The minimum absolute atomic E-state index is 0.117. The molecule has 0 unspecified atom stereocenters. The van der Waals surface area contributed by atoms with Crippen LogP contribution in [-0.2, 0) is 22.7 Å². The normalized spacial score (nSPS) is 10.9. The van der Waals surface area contributed by atoms with Crippen LogP contribution in [-0.4, -0.2) is 84.9 Å². The predicted molar refractivity (Wildman–Crippen MR) is 240 cm³/mol. The van der Waals surface area contributed by atoms with E-state index in [2.05, 4.69) is 20.0 Å². The van der Waals surface area contributed by atoms with Crippen molar-refractivity contribution in [2.75, 3.05) is 38.0 Å². The zero-order valence-corrected chi connectivity index (χ0v) is 37.0. The van der Waals surface area contributed by atoms with Crippen molar-refractivity contribution in [3.63, 3.8) is 0 Å². The second kappa shape index (κ2) is 23.2. The van der Waals surface area contributed by atoms with E-state index in [0.29, 0.717) is 21.9 Å². The molecule has 0 atom stereocenters. The first kappa shape index (κ1) is 52.0. The second-order valence-electron chi connectivity index (χ2n) is 14.6. The molecule has 364 valence electrons. The molecule has 0 radical (unpaired) electrons. The summed E-state index contributed by atoms with van der Waals surface area (Å²) < 4.78 is 124. The SMILES string of the molecule is CN(C)C=NC(=O)OCc1ccc(N(C(=O)N=CN(C)C)c2c(F)cccc2F)nc1-c1ccc(F)cc1F.NC(=O)OCc1ccc(N(C(N)=O)c2c(F)cccc2F)nc1-c1ccc(F)cc1F. The molecule has 0 spiro atoms. The van der Waals surface area contributed by atoms with Crippen LogP contribution in [0.5, 0.6) is 0 Å². The van der Waals surface area contributed by atoms with Gasteiger partial charge in [0, 0.05) is 62.6 Å². The first-order valence-corrected chi connectivity index (χ1v) is 19.9. The van der Waals surface area contributed by atoms with Crippen LogP contribution in [0.1, 0.15) is 11.1 Å². The number of hydrogen-bond acceptors (Lipinski definition) is 8. The molecule has 6 rings (SSSR count). The van der Waals surface area contributed by atoms with E-state index in [0.717, 1.165) is 73.1 Å². The van der Waals surface area contributed by atoms with E-state index in [1.54, 1.807) is 28.2 Å². The highest BCUT2D eigenvalue weighted by Crippen LogP contribution is 2.36. The van der Waals surface area contributed by atoms with Gasteiger partial charge in [-0.05, 0) is 72.8 Å². The van der Waals surface area contributed by atoms with Gasteiger partial charge < -0.3 is 30.7 Å². The van der Waals surface area contributed by atoms with Gasteiger partial charge in [0.1, 0.15) is 82.8 Å². The third kappa shape index (κ3) is 13.1. The van der Waals surface area contributed by atoms with Gasteiger partial charge in [0.15, 0.2) is 0 Å². The monoisotopic (exact) mass is 978 g/mol. The number of primary amides is 2. The van der Waals surface area contributed by atoms with E-state index in [1.807, 2.05) is 0 Å². The number of nitrogens with zero attached hydrogens (tertiary/aromatic N) is 8. The molecule has 2 aromatic heterocycles. The maximum absolute atomic E-state index is 14.8. The minimum atomic E-state index is -1.27. The maximum atomic E-state index is 14.8. The van der Waals surface area contributed by atoms with Crippen LogP contribution in [0.25, 0.3) is 22.5 Å². The largest absolute Gasteiger partial charge is 0.445 e. The Morgan fingerprint density at radius 3 is 1.37 bits per heavy atom. The number of pyridine rings is 2. The van der Waals surface area contributed by atoms with Gasteiger partial charge in [-0.3, -0.25) is 0 Å². The lowest BCUT2D eigenvalue weighted by atomic mass is 10.1. The number of rotatable bonds is 12. The number of ether oxygens (including phenoxy) is 2. The highest BCUT2D eigenvalue weighted by Gasteiger charge is 2.28. The van der Waals surface area contributed by atoms with Crippen molar-refractivity contribution in [1.82, 2.24) is 19.8 Å². The van der Waals surface area contributed by atoms with Crippen LogP contribution in [0.4, 0.5) is 77.3 Å². The summed E-state index contributed by atoms with van der Waals surface area (Å²) in [5, 5.41) is 0. The Hall–Kier alpha value is -8.96. The Morgan fingerprint density at radius 2 is 0.957 bits per heavy atom. The molecule has 4 N–H and O–H groups in total. The molecule has 24 heteroatoms. The van der Waals surface area contributed by atoms with Crippen molar-refractivity contribution in [1.29, 1.82) is 0 Å². The van der Waals surface area contributed by atoms with Gasteiger partial charge in [-0.15, -0.1) is 0 Å². The first-order valence-electron chi connectivity index (χ1n) is 19.9. The molecule has 16 nitrogen and oxygen atoms in total. The van der Waals surface area contributed by atoms with E-state index in [-0.39, 0.29) is 45.3 Å². The fourth-order valence-electron chi connectivity index (χ4n) is 6.03. The number of para-hydroxylation sites is 2. The summed E-state index contributed by atoms with van der Waals surface area (Å²) in [6, 6.07) is 13.7. The molecule has 0 saturated heterocycles. The molecule has 0 aliphatic carbocycles. The van der Waals surface area contributed by atoms with Crippen molar-refractivity contribution in [2.45, 2.75) is 13.2 Å². The lowest BCUT2D eigenvalue weighted by molar-refractivity contribution is 0.149. The fourth-order valence-corrected chi connectivity index (χ4v) is 6.03. The average Bonchev–Trinajstić information content (AvgIpc) is 3.29. The van der Waals surface area contributed by atoms with E-state index in [9.17, 15) is 54.3 Å². The van der Waals surface area contributed by atoms with Crippen LogP contribution in [0.2, 0.25) is 0 Å². The number of halogens is 8. The molecule has 0 saturated carbocycles. The molecule has 70 heavy (non-hydrogen) atoms. The van der Waals surface area contributed by atoms with E-state index in [4.69, 9.17) is 20.9 Å². The number of benzene rings is 4. The zero-order valence-electron chi connectivity index (χ0n) is 37.0. The standard InChI is InChI=1S/C26H24F4N6O3.C20H14F4N4O3/c1-34(2)14-31-25(37)36(24-19(28)6-5-7-20(24)29)22-11-8-16(13-39-26(38)32-15-35(3)4)23(33-22)18-10-9-17(27)12-21(18)30;21-11-5-6-12(15(24)8-11)17-10(9-31-20(26)30)4-7-16(27-17)28(19(25)29)18-13(22)2-1-3-14(18)23/h5-12,14-15H,13H2,1-4H3;1-8H,9H2,(H2,25,29)(H2,26,30). The smallest absolute Gasteiger partial charge is 0.435 e. The Morgan fingerprint density at radius 1 is 0.543 bits per heavy atom. The third-order valence-corrected chi connectivity index (χ3v) is 9.01. The molecular formula is C46H38F8N10O6. The first-order chi connectivity index (χ1) is 33.2. The molecular weight excluding hydrogens is 941 g/mol. The van der Waals surface area contributed by atoms with E-state index in [1.165, 1.54) is 34.3 Å². The van der Waals surface area contributed by atoms with Gasteiger partial charge in [0.05, 0.1) is 24.1 Å². The number of aromatic nitrogens is 2. The van der Waals surface area contributed by atoms with Gasteiger partial charge in [0.25, 0.3) is 0 Å². The summed E-state index contributed by atoms with van der Waals surface area (Å²) in [4.78, 5) is 67.6. The van der Waals surface area contributed by atoms with Crippen LogP contribution < -0.4 is 21.3 Å². The Labute approximate surface area is 392 Å². The van der Waals surface area contributed by atoms with Gasteiger partial charge in [-0.25, -0.2) is 74.1 Å². The number of amides is 6. The van der Waals surface area contributed by atoms with Crippen LogP contribution in [0, 0.1) is 46.5 Å². The van der Waals surface area contributed by atoms with Gasteiger partial charge >= 0.3 is 24.2 Å². The number of hydrogen-bond donors (Lipinski definition) is 2. The quantitative estimate of drug-likeness (QED) is 0.0676. The summed E-state index contributed by atoms with van der Waals surface area (Å²) in [6.45, 7) is -0.886. The number of nitrogens with two attached hydrogens (primary N) is 2. The lowest BCUT2D eigenvalue weighted by Gasteiger charge is -2.22. The Kier molecular flexibility index (Phi) is 17.2. The Balaban J connectivity index is 0.000000267. The molecule has 6 aromatic rings. The molecule has 4 aromatic carbocycles. The van der Waals surface area contributed by atoms with Gasteiger partial charge in [-0.1, -0.05) is 12.1 Å². The maximum Gasteiger partial charge on any atom is 0.435 e. The van der Waals surface area contributed by atoms with Crippen molar-refractivity contribution < 1.29 is 63.8 Å². The van der Waals surface area contributed by atoms with Crippen LogP contribution in [0.15, 0.2) is 107 Å². The molecule has 0 bridgehead atoms. The van der Waals surface area contributed by atoms with Crippen LogP contribution >= 0.6 is 0 Å². The average molecular weight is 979 g/mol. The number of urea groups is 2. The lowest BCUT2D eigenvalue weighted by Crippen LogP contribution is -2.33.